The standard InChI is InChI=1S/C18H17BrN6O4S/c19-16-6-1-13(11-17(16)30(27,28)24-7-9-29-10-8-24)18(26)21-14-2-4-15(5-3-14)25-12-20-22-23-25/h1-6,11-12H,7-10H2,(H,21,26). The molecule has 1 aliphatic rings. The predicted molar refractivity (Wildman–Crippen MR) is 111 cm³/mol. The number of benzene rings is 2. The first-order valence-corrected chi connectivity index (χ1v) is 11.2. The van der Waals surface area contributed by atoms with Gasteiger partial charge in [-0.25, -0.2) is 13.1 Å². The maximum atomic E-state index is 13.0. The van der Waals surface area contributed by atoms with Gasteiger partial charge in [0.15, 0.2) is 0 Å². The van der Waals surface area contributed by atoms with E-state index in [-0.39, 0.29) is 23.5 Å². The first kappa shape index (κ1) is 20.6. The zero-order valence-electron chi connectivity index (χ0n) is 15.6. The van der Waals surface area contributed by atoms with Crippen molar-refractivity contribution in [2.24, 2.45) is 0 Å². The van der Waals surface area contributed by atoms with Gasteiger partial charge in [-0.1, -0.05) is 0 Å². The molecule has 12 heteroatoms. The van der Waals surface area contributed by atoms with Crippen molar-refractivity contribution in [3.8, 4) is 5.69 Å². The van der Waals surface area contributed by atoms with E-state index >= 15 is 0 Å². The smallest absolute Gasteiger partial charge is 0.255 e. The number of hydrogen-bond acceptors (Lipinski definition) is 7. The van der Waals surface area contributed by atoms with E-state index in [0.717, 1.165) is 5.69 Å². The average molecular weight is 493 g/mol. The number of rotatable bonds is 5. The number of sulfonamides is 1. The molecule has 1 saturated heterocycles. The Kier molecular flexibility index (Phi) is 5.90. The van der Waals surface area contributed by atoms with Crippen LogP contribution in [0.1, 0.15) is 10.4 Å². The highest BCUT2D eigenvalue weighted by atomic mass is 79.9. The number of halogens is 1. The van der Waals surface area contributed by atoms with Crippen molar-refractivity contribution >= 4 is 37.5 Å². The summed E-state index contributed by atoms with van der Waals surface area (Å²) in [5, 5.41) is 13.7. The minimum atomic E-state index is -3.75. The molecule has 1 aromatic heterocycles. The summed E-state index contributed by atoms with van der Waals surface area (Å²) in [4.78, 5) is 12.7. The number of tetrazole rings is 1. The van der Waals surface area contributed by atoms with Gasteiger partial charge in [-0.05, 0) is 68.8 Å². The van der Waals surface area contributed by atoms with E-state index in [1.807, 2.05) is 0 Å². The lowest BCUT2D eigenvalue weighted by Gasteiger charge is -2.26. The Bertz CT molecular complexity index is 1150. The van der Waals surface area contributed by atoms with Crippen LogP contribution in [-0.4, -0.2) is 65.1 Å². The van der Waals surface area contributed by atoms with Crippen LogP contribution < -0.4 is 5.32 Å². The highest BCUT2D eigenvalue weighted by Crippen LogP contribution is 2.27. The number of hydrogen-bond donors (Lipinski definition) is 1. The summed E-state index contributed by atoms with van der Waals surface area (Å²) in [5.74, 6) is -0.420. The molecule has 3 aromatic rings. The Morgan fingerprint density at radius 2 is 1.83 bits per heavy atom. The van der Waals surface area contributed by atoms with Crippen molar-refractivity contribution in [1.82, 2.24) is 24.5 Å². The normalized spacial score (nSPS) is 15.1. The van der Waals surface area contributed by atoms with Gasteiger partial charge in [-0.2, -0.15) is 4.31 Å². The Balaban J connectivity index is 1.54. The van der Waals surface area contributed by atoms with Crippen LogP contribution in [0.3, 0.4) is 0 Å². The van der Waals surface area contributed by atoms with E-state index in [4.69, 9.17) is 4.74 Å². The Hall–Kier alpha value is -2.67. The fourth-order valence-corrected chi connectivity index (χ4v) is 5.31. The van der Waals surface area contributed by atoms with Gasteiger partial charge in [0.05, 0.1) is 23.8 Å². The SMILES string of the molecule is O=C(Nc1ccc(-n2cnnn2)cc1)c1ccc(Br)c(S(=O)(=O)N2CCOCC2)c1. The quantitative estimate of drug-likeness (QED) is 0.575. The first-order valence-electron chi connectivity index (χ1n) is 8.97. The van der Waals surface area contributed by atoms with E-state index in [2.05, 4.69) is 36.8 Å². The molecule has 0 unspecified atom stereocenters. The number of amides is 1. The lowest BCUT2D eigenvalue weighted by molar-refractivity contribution is 0.0730. The molecule has 156 valence electrons. The fraction of sp³-hybridized carbons (Fsp3) is 0.222. The predicted octanol–water partition coefficient (Wildman–Crippen LogP) is 1.70. The summed E-state index contributed by atoms with van der Waals surface area (Å²) in [6, 6.07) is 11.4. The van der Waals surface area contributed by atoms with E-state index in [1.54, 1.807) is 36.4 Å². The van der Waals surface area contributed by atoms with Gasteiger partial charge in [0.2, 0.25) is 10.0 Å². The van der Waals surface area contributed by atoms with Crippen molar-refractivity contribution in [3.05, 3.63) is 58.8 Å². The molecule has 1 N–H and O–H groups in total. The summed E-state index contributed by atoms with van der Waals surface area (Å²) in [6.07, 6.45) is 1.46. The zero-order chi connectivity index (χ0) is 21.1. The molecule has 30 heavy (non-hydrogen) atoms. The summed E-state index contributed by atoms with van der Waals surface area (Å²) < 4.78 is 34.4. The van der Waals surface area contributed by atoms with Gasteiger partial charge in [0.1, 0.15) is 6.33 Å². The van der Waals surface area contributed by atoms with Crippen molar-refractivity contribution < 1.29 is 17.9 Å². The number of morpholine rings is 1. The molecule has 0 spiro atoms. The molecule has 0 bridgehead atoms. The second-order valence-electron chi connectivity index (χ2n) is 6.42. The van der Waals surface area contributed by atoms with Crippen LogP contribution in [0.5, 0.6) is 0 Å². The molecule has 10 nitrogen and oxygen atoms in total. The van der Waals surface area contributed by atoms with Gasteiger partial charge >= 0.3 is 0 Å². The molecular weight excluding hydrogens is 476 g/mol. The highest BCUT2D eigenvalue weighted by Gasteiger charge is 2.29. The lowest BCUT2D eigenvalue weighted by atomic mass is 10.2. The molecule has 1 fully saturated rings. The number of nitrogens with zero attached hydrogens (tertiary/aromatic N) is 5. The van der Waals surface area contributed by atoms with Crippen LogP contribution in [0.25, 0.3) is 5.69 Å². The Morgan fingerprint density at radius 3 is 2.50 bits per heavy atom. The number of nitrogens with one attached hydrogen (secondary N) is 1. The van der Waals surface area contributed by atoms with Crippen molar-refractivity contribution in [2.75, 3.05) is 31.6 Å². The summed E-state index contributed by atoms with van der Waals surface area (Å²) >= 11 is 3.29. The molecule has 2 aromatic carbocycles. The minimum absolute atomic E-state index is 0.0473. The second kappa shape index (κ2) is 8.60. The number of carbonyl (C=O) groups is 1. The van der Waals surface area contributed by atoms with E-state index in [0.29, 0.717) is 23.4 Å². The van der Waals surface area contributed by atoms with Crippen LogP contribution >= 0.6 is 15.9 Å². The Labute approximate surface area is 181 Å². The third-order valence-electron chi connectivity index (χ3n) is 4.52. The van der Waals surface area contributed by atoms with Gasteiger partial charge in [-0.15, -0.1) is 5.10 Å². The Morgan fingerprint density at radius 1 is 1.10 bits per heavy atom. The van der Waals surface area contributed by atoms with Crippen molar-refractivity contribution in [2.45, 2.75) is 4.90 Å². The molecule has 0 saturated carbocycles. The molecule has 4 rings (SSSR count). The van der Waals surface area contributed by atoms with Crippen molar-refractivity contribution in [1.29, 1.82) is 0 Å². The third-order valence-corrected chi connectivity index (χ3v) is 7.41. The first-order chi connectivity index (χ1) is 14.4. The zero-order valence-corrected chi connectivity index (χ0v) is 18.0. The van der Waals surface area contributed by atoms with E-state index < -0.39 is 15.9 Å². The summed E-state index contributed by atoms with van der Waals surface area (Å²) in [6.45, 7) is 1.24. The number of aromatic nitrogens is 4. The minimum Gasteiger partial charge on any atom is -0.379 e. The fourth-order valence-electron chi connectivity index (χ4n) is 2.95. The summed E-state index contributed by atoms with van der Waals surface area (Å²) in [5.41, 5.74) is 1.52. The van der Waals surface area contributed by atoms with Crippen molar-refractivity contribution in [3.63, 3.8) is 0 Å². The second-order valence-corrected chi connectivity index (χ2v) is 9.18. The molecule has 0 aliphatic carbocycles. The molecule has 1 aliphatic heterocycles. The molecular formula is C18H17BrN6O4S. The number of carbonyl (C=O) groups excluding carboxylic acids is 1. The molecule has 0 atom stereocenters. The maximum Gasteiger partial charge on any atom is 0.255 e. The molecule has 2 heterocycles. The van der Waals surface area contributed by atoms with Crippen LogP contribution in [0.15, 0.2) is 58.2 Å². The topological polar surface area (TPSA) is 119 Å². The monoisotopic (exact) mass is 492 g/mol. The lowest BCUT2D eigenvalue weighted by Crippen LogP contribution is -2.40. The van der Waals surface area contributed by atoms with E-state index in [1.165, 1.54) is 21.4 Å². The molecule has 1 amide bonds. The van der Waals surface area contributed by atoms with Gasteiger partial charge in [0.25, 0.3) is 5.91 Å². The largest absolute Gasteiger partial charge is 0.379 e. The summed E-state index contributed by atoms with van der Waals surface area (Å²) in [7, 11) is -3.75. The van der Waals surface area contributed by atoms with Gasteiger partial charge < -0.3 is 10.1 Å². The van der Waals surface area contributed by atoms with Gasteiger partial charge in [-0.3, -0.25) is 4.79 Å². The van der Waals surface area contributed by atoms with Gasteiger partial charge in [0, 0.05) is 28.8 Å². The van der Waals surface area contributed by atoms with E-state index in [9.17, 15) is 13.2 Å². The van der Waals surface area contributed by atoms with Crippen LogP contribution in [0.2, 0.25) is 0 Å². The average Bonchev–Trinajstić information content (AvgIpc) is 3.30. The van der Waals surface area contributed by atoms with Crippen LogP contribution in [0.4, 0.5) is 5.69 Å². The highest BCUT2D eigenvalue weighted by molar-refractivity contribution is 9.10. The van der Waals surface area contributed by atoms with Crippen LogP contribution in [-0.2, 0) is 14.8 Å². The number of ether oxygens (including phenoxy) is 1. The maximum absolute atomic E-state index is 13.0. The molecule has 0 radical (unpaired) electrons. The third kappa shape index (κ3) is 4.26. The van der Waals surface area contributed by atoms with Crippen LogP contribution in [0, 0.1) is 0 Å². The number of anilines is 1.